The third-order valence-electron chi connectivity index (χ3n) is 6.61. The number of carbonyl (C=O) groups is 1. The number of nitrogens with zero attached hydrogens (tertiary/aromatic N) is 1. The summed E-state index contributed by atoms with van der Waals surface area (Å²) in [6.07, 6.45) is 2.69. The first-order valence-corrected chi connectivity index (χ1v) is 14.1. The number of amidine groups is 1. The molecular weight excluding hydrogens is 532 g/mol. The average molecular weight is 575 g/mol. The van der Waals surface area contributed by atoms with E-state index in [0.717, 1.165) is 29.7 Å². The standard InChI is InChI=1S/C27H28F4N2.C3H6O2.C3H8/c1-16(2)4-5-17(3)18-6-8-19(9-7-18)20-10-12-22(23(28)14-20)26-32-24-13-11-21(27(29,30)31)15-25(24)33-26;1-3(4)5-2;1-3-2/h6-17,24-25H,4-5H2,1-3H3,(H,32,33);1-2H3;3H2,1-2H3. The molecule has 2 aromatic rings. The molecule has 0 aromatic heterocycles. The molecule has 0 radical (unpaired) electrons. The van der Waals surface area contributed by atoms with Gasteiger partial charge in [-0.1, -0.05) is 89.9 Å². The van der Waals surface area contributed by atoms with Crippen LogP contribution in [-0.4, -0.2) is 37.2 Å². The summed E-state index contributed by atoms with van der Waals surface area (Å²) in [5.74, 6) is 0.708. The number of rotatable bonds is 6. The van der Waals surface area contributed by atoms with Crippen LogP contribution in [0.4, 0.5) is 17.6 Å². The predicted molar refractivity (Wildman–Crippen MR) is 159 cm³/mol. The van der Waals surface area contributed by atoms with Gasteiger partial charge in [-0.3, -0.25) is 9.79 Å². The number of fused-ring (bicyclic) bond motifs is 1. The molecule has 3 unspecified atom stereocenters. The average Bonchev–Trinajstić information content (AvgIpc) is 3.35. The lowest BCUT2D eigenvalue weighted by molar-refractivity contribution is -0.137. The summed E-state index contributed by atoms with van der Waals surface area (Å²) in [6, 6.07) is 12.0. The maximum atomic E-state index is 15.0. The molecule has 1 aliphatic carbocycles. The van der Waals surface area contributed by atoms with Gasteiger partial charge >= 0.3 is 12.1 Å². The van der Waals surface area contributed by atoms with Crippen LogP contribution in [0.15, 0.2) is 71.3 Å². The molecule has 0 spiro atoms. The zero-order chi connectivity index (χ0) is 30.7. The minimum absolute atomic E-state index is 0.245. The Morgan fingerprint density at radius 3 is 2.12 bits per heavy atom. The molecule has 0 saturated heterocycles. The number of hydrogen-bond acceptors (Lipinski definition) is 4. The zero-order valence-corrected chi connectivity index (χ0v) is 25.0. The Morgan fingerprint density at radius 1 is 1.02 bits per heavy atom. The number of aliphatic imine (C=N–C) groups is 1. The van der Waals surface area contributed by atoms with Gasteiger partial charge in [0.2, 0.25) is 0 Å². The van der Waals surface area contributed by atoms with E-state index in [1.54, 1.807) is 6.07 Å². The van der Waals surface area contributed by atoms with Crippen molar-refractivity contribution < 1.29 is 27.1 Å². The summed E-state index contributed by atoms with van der Waals surface area (Å²) in [6.45, 7) is 12.3. The minimum atomic E-state index is -4.42. The summed E-state index contributed by atoms with van der Waals surface area (Å²) in [7, 11) is 1.35. The number of carbonyl (C=O) groups excluding carboxylic acids is 1. The number of halogens is 4. The number of alkyl halides is 3. The van der Waals surface area contributed by atoms with E-state index in [0.29, 0.717) is 11.8 Å². The highest BCUT2D eigenvalue weighted by atomic mass is 19.4. The van der Waals surface area contributed by atoms with Crippen LogP contribution in [0.25, 0.3) is 11.1 Å². The lowest BCUT2D eigenvalue weighted by Crippen LogP contribution is -2.35. The maximum Gasteiger partial charge on any atom is 0.416 e. The van der Waals surface area contributed by atoms with Gasteiger partial charge in [0.1, 0.15) is 11.7 Å². The van der Waals surface area contributed by atoms with E-state index < -0.39 is 29.7 Å². The van der Waals surface area contributed by atoms with Gasteiger partial charge in [0.05, 0.1) is 30.3 Å². The molecule has 1 aliphatic heterocycles. The lowest BCUT2D eigenvalue weighted by Gasteiger charge is -2.19. The summed E-state index contributed by atoms with van der Waals surface area (Å²) in [5, 5.41) is 2.93. The largest absolute Gasteiger partial charge is 0.469 e. The van der Waals surface area contributed by atoms with Gasteiger partial charge in [0.25, 0.3) is 0 Å². The Bertz CT molecular complexity index is 1230. The molecule has 0 amide bonds. The second kappa shape index (κ2) is 15.5. The number of nitrogens with one attached hydrogen (secondary N) is 1. The monoisotopic (exact) mass is 574 g/mol. The van der Waals surface area contributed by atoms with E-state index >= 15 is 0 Å². The van der Waals surface area contributed by atoms with Gasteiger partial charge in [0, 0.05) is 6.92 Å². The lowest BCUT2D eigenvalue weighted by atomic mass is 9.91. The third kappa shape index (κ3) is 10.2. The fourth-order valence-corrected chi connectivity index (χ4v) is 4.24. The van der Waals surface area contributed by atoms with E-state index in [2.05, 4.69) is 61.8 Å². The summed E-state index contributed by atoms with van der Waals surface area (Å²) >= 11 is 0. The number of allylic oxidation sites excluding steroid dienone is 2. The van der Waals surface area contributed by atoms with Crippen molar-refractivity contribution in [2.45, 2.75) is 85.0 Å². The molecule has 0 saturated carbocycles. The topological polar surface area (TPSA) is 50.7 Å². The van der Waals surface area contributed by atoms with Crippen molar-refractivity contribution in [3.8, 4) is 11.1 Å². The molecule has 224 valence electrons. The van der Waals surface area contributed by atoms with Gasteiger partial charge in [-0.05, 0) is 53.2 Å². The highest BCUT2D eigenvalue weighted by Gasteiger charge is 2.37. The van der Waals surface area contributed by atoms with Gasteiger partial charge in [-0.25, -0.2) is 4.39 Å². The van der Waals surface area contributed by atoms with E-state index in [9.17, 15) is 22.4 Å². The predicted octanol–water partition coefficient (Wildman–Crippen LogP) is 8.77. The smallest absolute Gasteiger partial charge is 0.416 e. The summed E-state index contributed by atoms with van der Waals surface area (Å²) < 4.78 is 58.0. The van der Waals surface area contributed by atoms with Crippen LogP contribution < -0.4 is 5.32 Å². The zero-order valence-electron chi connectivity index (χ0n) is 25.0. The van der Waals surface area contributed by atoms with Gasteiger partial charge in [-0.2, -0.15) is 13.2 Å². The first kappa shape index (κ1) is 33.8. The van der Waals surface area contributed by atoms with Crippen LogP contribution in [-0.2, 0) is 9.53 Å². The van der Waals surface area contributed by atoms with E-state index in [4.69, 9.17) is 0 Å². The summed E-state index contributed by atoms with van der Waals surface area (Å²) in [5.41, 5.74) is 2.46. The molecule has 8 heteroatoms. The Hall–Kier alpha value is -3.42. The van der Waals surface area contributed by atoms with Crippen LogP contribution in [0.3, 0.4) is 0 Å². The molecule has 4 rings (SSSR count). The van der Waals surface area contributed by atoms with E-state index in [-0.39, 0.29) is 17.4 Å². The molecule has 0 bridgehead atoms. The van der Waals surface area contributed by atoms with Gasteiger partial charge in [-0.15, -0.1) is 0 Å². The second-order valence-electron chi connectivity index (χ2n) is 10.7. The molecule has 2 aromatic carbocycles. The van der Waals surface area contributed by atoms with Crippen molar-refractivity contribution in [3.63, 3.8) is 0 Å². The quantitative estimate of drug-likeness (QED) is 0.277. The molecule has 4 nitrogen and oxygen atoms in total. The van der Waals surface area contributed by atoms with Gasteiger partial charge in [0.15, 0.2) is 0 Å². The van der Waals surface area contributed by atoms with E-state index in [1.165, 1.54) is 44.6 Å². The second-order valence-corrected chi connectivity index (χ2v) is 10.7. The van der Waals surface area contributed by atoms with Crippen LogP contribution in [0.5, 0.6) is 0 Å². The van der Waals surface area contributed by atoms with Crippen molar-refractivity contribution in [3.05, 3.63) is 83.2 Å². The van der Waals surface area contributed by atoms with Gasteiger partial charge < -0.3 is 10.1 Å². The molecule has 3 atom stereocenters. The van der Waals surface area contributed by atoms with Crippen molar-refractivity contribution >= 4 is 11.8 Å². The Kier molecular flexibility index (Phi) is 12.8. The van der Waals surface area contributed by atoms with Crippen molar-refractivity contribution in [2.24, 2.45) is 10.9 Å². The number of esters is 1. The summed E-state index contributed by atoms with van der Waals surface area (Å²) in [4.78, 5) is 14.0. The van der Waals surface area contributed by atoms with Crippen LogP contribution in [0, 0.1) is 11.7 Å². The maximum absolute atomic E-state index is 15.0. The van der Waals surface area contributed by atoms with E-state index in [1.807, 2.05) is 18.2 Å². The molecule has 1 heterocycles. The van der Waals surface area contributed by atoms with Crippen LogP contribution in [0.2, 0.25) is 0 Å². The Morgan fingerprint density at radius 2 is 1.61 bits per heavy atom. The number of ether oxygens (including phenoxy) is 1. The first-order chi connectivity index (χ1) is 19.3. The van der Waals surface area contributed by atoms with Crippen molar-refractivity contribution in [1.82, 2.24) is 5.32 Å². The SMILES string of the molecule is CC(C)CCC(C)c1ccc(-c2ccc(C3=NC4C=CC(C(F)(F)F)=CC4N3)c(F)c2)cc1.CCC.COC(C)=O. The van der Waals surface area contributed by atoms with Crippen molar-refractivity contribution in [1.29, 1.82) is 0 Å². The third-order valence-corrected chi connectivity index (χ3v) is 6.61. The minimum Gasteiger partial charge on any atom is -0.469 e. The Labute approximate surface area is 241 Å². The fourth-order valence-electron chi connectivity index (χ4n) is 4.24. The molecule has 0 fully saturated rings. The first-order valence-electron chi connectivity index (χ1n) is 14.1. The van der Waals surface area contributed by atoms with Crippen LogP contribution in [0.1, 0.15) is 77.8 Å². The number of benzene rings is 2. The fraction of sp³-hybridized carbons (Fsp3) is 0.455. The molecule has 41 heavy (non-hydrogen) atoms. The highest BCUT2D eigenvalue weighted by Crippen LogP contribution is 2.32. The Balaban J connectivity index is 0.000000653. The highest BCUT2D eigenvalue weighted by molar-refractivity contribution is 6.01. The number of methoxy groups -OCH3 is 1. The number of hydrogen-bond donors (Lipinski definition) is 1. The van der Waals surface area contributed by atoms with Crippen LogP contribution >= 0.6 is 0 Å². The molecule has 2 aliphatic rings. The van der Waals surface area contributed by atoms with Crippen molar-refractivity contribution in [2.75, 3.05) is 7.11 Å². The molecular formula is C33H42F4N2O2. The molecule has 1 N–H and O–H groups in total. The normalized spacial score (nSPS) is 18.0.